The summed E-state index contributed by atoms with van der Waals surface area (Å²) in [5.74, 6) is 3.77. The summed E-state index contributed by atoms with van der Waals surface area (Å²) in [6.45, 7) is 0. The molecule has 0 aliphatic rings. The van der Waals surface area contributed by atoms with Gasteiger partial charge in [-0.1, -0.05) is 273 Å². The van der Waals surface area contributed by atoms with Crippen molar-refractivity contribution in [2.75, 3.05) is 0 Å². The summed E-state index contributed by atoms with van der Waals surface area (Å²) in [7, 11) is 0. The average Bonchev–Trinajstić information content (AvgIpc) is 1.49. The van der Waals surface area contributed by atoms with Crippen molar-refractivity contribution in [3.8, 4) is 102 Å². The van der Waals surface area contributed by atoms with Gasteiger partial charge >= 0.3 is 0 Å². The van der Waals surface area contributed by atoms with E-state index in [0.29, 0.717) is 35.1 Å². The number of rotatable bonds is 10. The van der Waals surface area contributed by atoms with Gasteiger partial charge in [0.25, 0.3) is 0 Å². The molecule has 6 heterocycles. The lowest BCUT2D eigenvalue weighted by Gasteiger charge is -2.15. The fraction of sp³-hybridized carbons (Fsp3) is 0. The molecule has 0 N–H and O–H groups in total. The molecule has 468 valence electrons. The van der Waals surface area contributed by atoms with Gasteiger partial charge in [0.1, 0.15) is 0 Å². The van der Waals surface area contributed by atoms with Crippen LogP contribution in [-0.2, 0) is 0 Å². The Morgan fingerprint density at radius 1 is 0.200 bits per heavy atom. The van der Waals surface area contributed by atoms with Crippen LogP contribution in [-0.4, -0.2) is 39.0 Å². The molecule has 0 bridgehead atoms. The number of fused-ring (bicyclic) bond motifs is 12. The number of hydrogen-bond acceptors (Lipinski definition) is 8. The fourth-order valence-corrected chi connectivity index (χ4v) is 16.7. The molecule has 14 aromatic carbocycles. The maximum atomic E-state index is 5.23. The minimum absolute atomic E-state index is 0.600. The topological polar surface area (TPSA) is 87.2 Å². The van der Waals surface area contributed by atoms with E-state index in [1.807, 2.05) is 108 Å². The molecule has 100 heavy (non-hydrogen) atoms. The van der Waals surface area contributed by atoms with Gasteiger partial charge in [0.05, 0.1) is 27.8 Å². The van der Waals surface area contributed by atoms with Crippen molar-refractivity contribution in [1.82, 2.24) is 39.0 Å². The molecule has 0 saturated carbocycles. The predicted octanol–water partition coefficient (Wildman–Crippen LogP) is 24.0. The predicted molar refractivity (Wildman–Crippen MR) is 418 cm³/mol. The molecule has 0 atom stereocenters. The SMILES string of the molecule is c1ccc(-c2cccc(-c3nc(-c4ccccc4)nc(-c4ccccc4-n4c5ccccc5c5cc(-c6cccc7c6sc6ccccc67)ccc54)n3)c2)cc1.c1ccc(-c2nc(-c3ccccc3)nc(-n3c4ccccc4c4cc(-c5cccc6c5sc5ccccc56)ccc43)n2)cc1. The smallest absolute Gasteiger partial charge is 0.238 e. The van der Waals surface area contributed by atoms with Crippen LogP contribution in [0, 0.1) is 0 Å². The Kier molecular flexibility index (Phi) is 14.4. The quantitative estimate of drug-likeness (QED) is 0.136. The molecule has 0 radical (unpaired) electrons. The van der Waals surface area contributed by atoms with E-state index < -0.39 is 0 Å². The molecule has 0 spiro atoms. The van der Waals surface area contributed by atoms with E-state index in [-0.39, 0.29) is 0 Å². The summed E-state index contributed by atoms with van der Waals surface area (Å²) < 4.78 is 9.79. The Hall–Kier alpha value is -12.9. The normalized spacial score (nSPS) is 11.6. The number of benzene rings is 14. The highest BCUT2D eigenvalue weighted by Crippen LogP contribution is 2.45. The third kappa shape index (κ3) is 10.3. The number of hydrogen-bond donors (Lipinski definition) is 0. The molecule has 0 aliphatic heterocycles. The monoisotopic (exact) mass is 1310 g/mol. The van der Waals surface area contributed by atoms with E-state index in [0.717, 1.165) is 72.1 Å². The van der Waals surface area contributed by atoms with Crippen molar-refractivity contribution in [3.63, 3.8) is 0 Å². The highest BCUT2D eigenvalue weighted by atomic mass is 32.1. The number of para-hydroxylation sites is 3. The van der Waals surface area contributed by atoms with Crippen LogP contribution in [0.1, 0.15) is 0 Å². The van der Waals surface area contributed by atoms with E-state index >= 15 is 0 Å². The Labute approximate surface area is 583 Å². The first-order valence-electron chi connectivity index (χ1n) is 33.4. The van der Waals surface area contributed by atoms with Gasteiger partial charge in [-0.25, -0.2) is 19.9 Å². The Bertz CT molecular complexity index is 6480. The number of thiophene rings is 2. The van der Waals surface area contributed by atoms with Crippen LogP contribution in [0.3, 0.4) is 0 Å². The molecule has 8 nitrogen and oxygen atoms in total. The fourth-order valence-electron chi connectivity index (χ4n) is 14.3. The zero-order valence-corrected chi connectivity index (χ0v) is 55.4. The van der Waals surface area contributed by atoms with Gasteiger partial charge < -0.3 is 4.57 Å². The zero-order chi connectivity index (χ0) is 66.0. The van der Waals surface area contributed by atoms with Gasteiger partial charge in [-0.2, -0.15) is 9.97 Å². The highest BCUT2D eigenvalue weighted by molar-refractivity contribution is 7.26. The average molecular weight is 1310 g/mol. The summed E-state index contributed by atoms with van der Waals surface area (Å²) in [4.78, 5) is 30.5. The lowest BCUT2D eigenvalue weighted by Crippen LogP contribution is -2.06. The van der Waals surface area contributed by atoms with Gasteiger partial charge in [-0.15, -0.1) is 22.7 Å². The first-order chi connectivity index (χ1) is 49.6. The Morgan fingerprint density at radius 2 is 0.560 bits per heavy atom. The van der Waals surface area contributed by atoms with Gasteiger partial charge in [0.2, 0.25) is 5.95 Å². The molecule has 0 saturated heterocycles. The van der Waals surface area contributed by atoms with Gasteiger partial charge in [0.15, 0.2) is 29.1 Å². The third-order valence-electron chi connectivity index (χ3n) is 18.9. The van der Waals surface area contributed by atoms with Crippen LogP contribution in [0.5, 0.6) is 0 Å². The van der Waals surface area contributed by atoms with E-state index in [2.05, 4.69) is 264 Å². The minimum Gasteiger partial charge on any atom is -0.309 e. The maximum Gasteiger partial charge on any atom is 0.238 e. The van der Waals surface area contributed by atoms with E-state index in [4.69, 9.17) is 29.9 Å². The van der Waals surface area contributed by atoms with Crippen LogP contribution < -0.4 is 0 Å². The Morgan fingerprint density at radius 3 is 1.10 bits per heavy atom. The summed E-state index contributed by atoms with van der Waals surface area (Å²) >= 11 is 3.73. The standard InChI is InChI=1S/C51H32N4S.C39H24N4S/c1-3-15-33(16-4-1)35-19-13-20-37(31-35)50-52-49(34-17-5-2-6-18-34)53-51(54-50)42-23-8-11-27-45(42)55-44-26-10-7-21-39(44)43-32-36(29-30-46(43)55)38-24-14-25-41-40-22-9-12-28-47(40)56-48(38)41;1-3-12-25(13-4-1)37-40-38(26-14-5-2-6-15-26)42-39(41-37)43-33-20-9-7-16-29(33)32-24-27(22-23-34(32)43)28-18-11-19-31-30-17-8-10-21-35(30)44-36(28)31/h1-32H;1-24H. The van der Waals surface area contributed by atoms with Gasteiger partial charge in [-0.05, 0) is 100 Å². The largest absolute Gasteiger partial charge is 0.309 e. The summed E-state index contributed by atoms with van der Waals surface area (Å²) in [5.41, 5.74) is 17.2. The molecular formula is C90H56N8S2. The van der Waals surface area contributed by atoms with Crippen molar-refractivity contribution in [3.05, 3.63) is 340 Å². The molecule has 6 aromatic heterocycles. The van der Waals surface area contributed by atoms with E-state index in [1.165, 1.54) is 78.8 Å². The molecule has 0 unspecified atom stereocenters. The Balaban J connectivity index is 0.000000143. The second kappa shape index (κ2) is 24.7. The van der Waals surface area contributed by atoms with Crippen molar-refractivity contribution in [1.29, 1.82) is 0 Å². The molecule has 20 rings (SSSR count). The molecule has 10 heteroatoms. The van der Waals surface area contributed by atoms with Crippen LogP contribution in [0.2, 0.25) is 0 Å². The second-order valence-electron chi connectivity index (χ2n) is 24.9. The first-order valence-corrected chi connectivity index (χ1v) is 35.0. The maximum absolute atomic E-state index is 5.23. The highest BCUT2D eigenvalue weighted by Gasteiger charge is 2.23. The van der Waals surface area contributed by atoms with Crippen LogP contribution in [0.25, 0.3) is 186 Å². The lowest BCUT2D eigenvalue weighted by molar-refractivity contribution is 0.953. The van der Waals surface area contributed by atoms with Crippen LogP contribution >= 0.6 is 22.7 Å². The van der Waals surface area contributed by atoms with Crippen LogP contribution in [0.15, 0.2) is 340 Å². The van der Waals surface area contributed by atoms with E-state index in [1.54, 1.807) is 0 Å². The second-order valence-corrected chi connectivity index (χ2v) is 27.0. The summed E-state index contributed by atoms with van der Waals surface area (Å²) in [6, 6.07) is 119. The van der Waals surface area contributed by atoms with Crippen molar-refractivity contribution < 1.29 is 0 Å². The van der Waals surface area contributed by atoms with Crippen molar-refractivity contribution >= 4 is 107 Å². The molecular weight excluding hydrogens is 1260 g/mol. The number of nitrogens with zero attached hydrogens (tertiary/aromatic N) is 8. The first kappa shape index (κ1) is 58.5. The third-order valence-corrected chi connectivity index (χ3v) is 21.4. The molecule has 0 fully saturated rings. The van der Waals surface area contributed by atoms with Gasteiger partial charge in [-0.3, -0.25) is 4.57 Å². The molecule has 20 aromatic rings. The van der Waals surface area contributed by atoms with Crippen LogP contribution in [0.4, 0.5) is 0 Å². The number of aromatic nitrogens is 8. The lowest BCUT2D eigenvalue weighted by atomic mass is 10.0. The van der Waals surface area contributed by atoms with E-state index in [9.17, 15) is 0 Å². The zero-order valence-electron chi connectivity index (χ0n) is 53.7. The summed E-state index contributed by atoms with van der Waals surface area (Å²) in [6.07, 6.45) is 0. The summed E-state index contributed by atoms with van der Waals surface area (Å²) in [5, 5.41) is 9.95. The molecule has 0 amide bonds. The molecule has 0 aliphatic carbocycles. The van der Waals surface area contributed by atoms with Gasteiger partial charge in [0, 0.05) is 89.7 Å². The van der Waals surface area contributed by atoms with Crippen molar-refractivity contribution in [2.24, 2.45) is 0 Å². The minimum atomic E-state index is 0.600. The van der Waals surface area contributed by atoms with Crippen molar-refractivity contribution in [2.45, 2.75) is 0 Å².